The molecule has 6 heteroatoms. The third-order valence-electron chi connectivity index (χ3n) is 2.81. The number of carbonyl (C=O) groups excluding carboxylic acids is 1. The molecule has 102 valence electrons. The average molecular weight is 261 g/mol. The summed E-state index contributed by atoms with van der Waals surface area (Å²) in [5.74, 6) is 5.04. The molecule has 1 heterocycles. The minimum absolute atomic E-state index is 0.176. The Hall–Kier alpha value is -2.13. The molecule has 6 nitrogen and oxygen atoms in total. The van der Waals surface area contributed by atoms with Crippen LogP contribution in [0.15, 0.2) is 12.3 Å². The molecule has 0 spiro atoms. The maximum Gasteiger partial charge on any atom is 0.257 e. The highest BCUT2D eigenvalue weighted by atomic mass is 16.2. The zero-order chi connectivity index (χ0) is 14.4. The quantitative estimate of drug-likeness (QED) is 0.615. The van der Waals surface area contributed by atoms with Crippen LogP contribution in [0.5, 0.6) is 0 Å². The Kier molecular flexibility index (Phi) is 5.27. The summed E-state index contributed by atoms with van der Waals surface area (Å²) in [6.45, 7) is 6.40. The number of aryl methyl sites for hydroxylation is 1. The van der Waals surface area contributed by atoms with E-state index in [9.17, 15) is 4.79 Å². The van der Waals surface area contributed by atoms with Crippen molar-refractivity contribution in [3.05, 3.63) is 23.5 Å². The summed E-state index contributed by atoms with van der Waals surface area (Å²) < 4.78 is 0. The second-order valence-electron chi connectivity index (χ2n) is 4.39. The zero-order valence-corrected chi connectivity index (χ0v) is 11.5. The van der Waals surface area contributed by atoms with E-state index in [0.29, 0.717) is 24.3 Å². The van der Waals surface area contributed by atoms with Gasteiger partial charge in [-0.05, 0) is 26.8 Å². The Morgan fingerprint density at radius 2 is 2.37 bits per heavy atom. The van der Waals surface area contributed by atoms with Gasteiger partial charge in [0.05, 0.1) is 23.2 Å². The van der Waals surface area contributed by atoms with Crippen LogP contribution < -0.4 is 11.3 Å². The van der Waals surface area contributed by atoms with Crippen molar-refractivity contribution < 1.29 is 4.79 Å². The largest absolute Gasteiger partial charge is 0.338 e. The second kappa shape index (κ2) is 6.71. The lowest BCUT2D eigenvalue weighted by Gasteiger charge is -2.23. The van der Waals surface area contributed by atoms with Gasteiger partial charge >= 0.3 is 0 Å². The van der Waals surface area contributed by atoms with Crippen molar-refractivity contribution in [1.82, 2.24) is 9.88 Å². The normalized spacial score (nSPS) is 11.5. The molecule has 19 heavy (non-hydrogen) atoms. The maximum atomic E-state index is 12.4. The Bertz CT molecular complexity index is 494. The van der Waals surface area contributed by atoms with E-state index in [0.717, 1.165) is 5.69 Å². The van der Waals surface area contributed by atoms with Crippen LogP contribution in [-0.2, 0) is 0 Å². The molecule has 1 amide bonds. The molecule has 0 aliphatic heterocycles. The van der Waals surface area contributed by atoms with Gasteiger partial charge in [-0.15, -0.1) is 0 Å². The first-order valence-electron chi connectivity index (χ1n) is 6.15. The van der Waals surface area contributed by atoms with Crippen molar-refractivity contribution in [2.45, 2.75) is 20.8 Å². The molecule has 0 bridgehead atoms. The number of pyridine rings is 1. The van der Waals surface area contributed by atoms with Gasteiger partial charge in [0.25, 0.3) is 5.91 Å². The van der Waals surface area contributed by atoms with Gasteiger partial charge in [-0.2, -0.15) is 5.26 Å². The zero-order valence-electron chi connectivity index (χ0n) is 11.5. The highest BCUT2D eigenvalue weighted by Crippen LogP contribution is 2.17. The molecule has 0 radical (unpaired) electrons. The van der Waals surface area contributed by atoms with E-state index in [-0.39, 0.29) is 11.8 Å². The first kappa shape index (κ1) is 14.9. The second-order valence-corrected chi connectivity index (χ2v) is 4.39. The van der Waals surface area contributed by atoms with Crippen molar-refractivity contribution in [1.29, 1.82) is 5.26 Å². The van der Waals surface area contributed by atoms with Crippen LogP contribution in [0.4, 0.5) is 5.69 Å². The fraction of sp³-hybridized carbons (Fsp3) is 0.462. The van der Waals surface area contributed by atoms with E-state index in [2.05, 4.69) is 16.5 Å². The summed E-state index contributed by atoms with van der Waals surface area (Å²) in [6.07, 6.45) is 1.51. The van der Waals surface area contributed by atoms with E-state index in [1.54, 1.807) is 17.9 Å². The lowest BCUT2D eigenvalue weighted by molar-refractivity contribution is 0.0753. The van der Waals surface area contributed by atoms with Crippen molar-refractivity contribution in [3.8, 4) is 6.07 Å². The molecule has 1 aromatic heterocycles. The number of hydrogen-bond acceptors (Lipinski definition) is 5. The van der Waals surface area contributed by atoms with Gasteiger partial charge in [0, 0.05) is 25.0 Å². The number of nitrogens with one attached hydrogen (secondary N) is 1. The first-order valence-corrected chi connectivity index (χ1v) is 6.15. The van der Waals surface area contributed by atoms with Gasteiger partial charge in [0.2, 0.25) is 0 Å². The van der Waals surface area contributed by atoms with E-state index in [1.165, 1.54) is 6.20 Å². The number of amides is 1. The van der Waals surface area contributed by atoms with Gasteiger partial charge < -0.3 is 10.3 Å². The smallest absolute Gasteiger partial charge is 0.257 e. The number of carbonyl (C=O) groups is 1. The number of nitrogens with zero attached hydrogens (tertiary/aromatic N) is 3. The molecule has 0 aliphatic rings. The standard InChI is InChI=1S/C13H19N5O/c1-4-18(8-9(2)6-14)13(19)11-7-16-10(3)5-12(11)17-15/h5,7,9H,4,8,15H2,1-3H3,(H,16,17). The van der Waals surface area contributed by atoms with Crippen LogP contribution >= 0.6 is 0 Å². The Balaban J connectivity index is 3.01. The van der Waals surface area contributed by atoms with Crippen LogP contribution in [0.25, 0.3) is 0 Å². The number of nitrogen functional groups attached to an aromatic ring is 1. The van der Waals surface area contributed by atoms with Gasteiger partial charge in [-0.25, -0.2) is 0 Å². The predicted octanol–water partition coefficient (Wildman–Crippen LogP) is 1.30. The molecule has 1 rings (SSSR count). The van der Waals surface area contributed by atoms with Gasteiger partial charge in [0.15, 0.2) is 0 Å². The first-order chi connectivity index (χ1) is 9.03. The fourth-order valence-corrected chi connectivity index (χ4v) is 1.75. The van der Waals surface area contributed by atoms with Crippen LogP contribution in [0, 0.1) is 24.2 Å². The maximum absolute atomic E-state index is 12.4. The van der Waals surface area contributed by atoms with Crippen LogP contribution in [-0.4, -0.2) is 28.9 Å². The fourth-order valence-electron chi connectivity index (χ4n) is 1.75. The average Bonchev–Trinajstić information content (AvgIpc) is 2.43. The summed E-state index contributed by atoms with van der Waals surface area (Å²) in [6, 6.07) is 3.84. The number of anilines is 1. The van der Waals surface area contributed by atoms with Crippen LogP contribution in [0.3, 0.4) is 0 Å². The topological polar surface area (TPSA) is 95.0 Å². The molecule has 3 N–H and O–H groups in total. The number of aromatic nitrogens is 1. The van der Waals surface area contributed by atoms with E-state index in [4.69, 9.17) is 11.1 Å². The number of hydrogen-bond donors (Lipinski definition) is 2. The summed E-state index contributed by atoms with van der Waals surface area (Å²) in [5, 5.41) is 8.84. The van der Waals surface area contributed by atoms with Crippen LogP contribution in [0.2, 0.25) is 0 Å². The van der Waals surface area contributed by atoms with E-state index in [1.807, 2.05) is 13.8 Å². The predicted molar refractivity (Wildman–Crippen MR) is 73.1 cm³/mol. The SMILES string of the molecule is CCN(CC(C)C#N)C(=O)c1cnc(C)cc1NN. The Morgan fingerprint density at radius 1 is 1.68 bits per heavy atom. The molecular formula is C13H19N5O. The summed E-state index contributed by atoms with van der Waals surface area (Å²) in [4.78, 5) is 18.1. The summed E-state index contributed by atoms with van der Waals surface area (Å²) in [7, 11) is 0. The van der Waals surface area contributed by atoms with Gasteiger partial charge in [-0.1, -0.05) is 0 Å². The summed E-state index contributed by atoms with van der Waals surface area (Å²) in [5.41, 5.74) is 4.25. The van der Waals surface area contributed by atoms with Gasteiger partial charge in [-0.3, -0.25) is 15.6 Å². The highest BCUT2D eigenvalue weighted by Gasteiger charge is 2.19. The molecule has 1 aromatic rings. The van der Waals surface area contributed by atoms with Crippen molar-refractivity contribution >= 4 is 11.6 Å². The number of nitrogens with two attached hydrogens (primary N) is 1. The third-order valence-corrected chi connectivity index (χ3v) is 2.81. The van der Waals surface area contributed by atoms with Gasteiger partial charge in [0.1, 0.15) is 0 Å². The number of nitriles is 1. The summed E-state index contributed by atoms with van der Waals surface area (Å²) >= 11 is 0. The van der Waals surface area contributed by atoms with Crippen molar-refractivity contribution in [2.24, 2.45) is 11.8 Å². The Labute approximate surface area is 113 Å². The minimum atomic E-state index is -0.211. The van der Waals surface area contributed by atoms with Crippen LogP contribution in [0.1, 0.15) is 29.9 Å². The monoisotopic (exact) mass is 261 g/mol. The number of hydrazine groups is 1. The van der Waals surface area contributed by atoms with E-state index < -0.39 is 0 Å². The molecule has 0 fully saturated rings. The minimum Gasteiger partial charge on any atom is -0.338 e. The molecule has 0 aliphatic carbocycles. The highest BCUT2D eigenvalue weighted by molar-refractivity contribution is 5.99. The Morgan fingerprint density at radius 3 is 2.89 bits per heavy atom. The third kappa shape index (κ3) is 3.66. The molecular weight excluding hydrogens is 242 g/mol. The number of rotatable bonds is 5. The molecule has 1 unspecified atom stereocenters. The molecule has 0 saturated heterocycles. The van der Waals surface area contributed by atoms with Crippen molar-refractivity contribution in [3.63, 3.8) is 0 Å². The van der Waals surface area contributed by atoms with Crippen molar-refractivity contribution in [2.75, 3.05) is 18.5 Å². The van der Waals surface area contributed by atoms with E-state index >= 15 is 0 Å². The molecule has 0 saturated carbocycles. The lowest BCUT2D eigenvalue weighted by Crippen LogP contribution is -2.35. The lowest BCUT2D eigenvalue weighted by atomic mass is 10.1. The molecule has 1 atom stereocenters. The molecule has 0 aromatic carbocycles.